The molecule has 2 atom stereocenters. The fourth-order valence-electron chi connectivity index (χ4n) is 3.97. The monoisotopic (exact) mass is 370 g/mol. The first-order valence-electron chi connectivity index (χ1n) is 9.77. The molecule has 3 amide bonds. The number of rotatable bonds is 7. The van der Waals surface area contributed by atoms with Gasteiger partial charge < -0.3 is 10.2 Å². The molecule has 2 N–H and O–H groups in total. The number of piperidine rings is 1. The largest absolute Gasteiger partial charge is 0.352 e. The number of nitrogens with zero attached hydrogens (tertiary/aromatic N) is 1. The van der Waals surface area contributed by atoms with Crippen molar-refractivity contribution in [2.75, 3.05) is 26.2 Å². The minimum Gasteiger partial charge on any atom is -0.352 e. The predicted molar refractivity (Wildman–Crippen MR) is 103 cm³/mol. The molecule has 27 heavy (non-hydrogen) atoms. The number of hydrogen-bond acceptors (Lipinski definition) is 3. The molecule has 6 nitrogen and oxygen atoms in total. The van der Waals surface area contributed by atoms with E-state index in [2.05, 4.69) is 18.8 Å². The van der Waals surface area contributed by atoms with E-state index in [1.165, 1.54) is 37.9 Å². The lowest BCUT2D eigenvalue weighted by Crippen LogP contribution is -3.16. The number of amides is 3. The molecule has 0 saturated carbocycles. The van der Waals surface area contributed by atoms with E-state index in [-0.39, 0.29) is 24.3 Å². The highest BCUT2D eigenvalue weighted by molar-refractivity contribution is 6.22. The van der Waals surface area contributed by atoms with Crippen molar-refractivity contribution < 1.29 is 19.3 Å². The number of likely N-dealkylation sites (tertiary alicyclic amines) is 1. The second kappa shape index (κ2) is 8.48. The normalized spacial score (nSPS) is 21.9. The van der Waals surface area contributed by atoms with Crippen LogP contribution in [0.1, 0.15) is 63.7 Å². The van der Waals surface area contributed by atoms with Crippen LogP contribution in [0.2, 0.25) is 0 Å². The van der Waals surface area contributed by atoms with Gasteiger partial charge in [-0.2, -0.15) is 0 Å². The van der Waals surface area contributed by atoms with Crippen LogP contribution in [0, 0.1) is 0 Å². The van der Waals surface area contributed by atoms with Gasteiger partial charge in [-0.1, -0.05) is 6.08 Å². The van der Waals surface area contributed by atoms with Gasteiger partial charge in [0.25, 0.3) is 17.7 Å². The third-order valence-corrected chi connectivity index (χ3v) is 5.59. The summed E-state index contributed by atoms with van der Waals surface area (Å²) >= 11 is 0. The molecule has 2 aliphatic heterocycles. The van der Waals surface area contributed by atoms with Crippen molar-refractivity contribution in [2.45, 2.75) is 38.6 Å². The molecule has 2 heterocycles. The highest BCUT2D eigenvalue weighted by Crippen LogP contribution is 2.23. The molecular weight excluding hydrogens is 342 g/mol. The summed E-state index contributed by atoms with van der Waals surface area (Å²) < 4.78 is 0. The molecule has 1 saturated heterocycles. The van der Waals surface area contributed by atoms with Crippen molar-refractivity contribution in [3.63, 3.8) is 0 Å². The Hall–Kier alpha value is -2.47. The van der Waals surface area contributed by atoms with Crippen LogP contribution < -0.4 is 10.2 Å². The Labute approximate surface area is 160 Å². The number of imide groups is 1. The molecule has 0 aromatic heterocycles. The highest BCUT2D eigenvalue weighted by Gasteiger charge is 2.35. The fraction of sp³-hybridized carbons (Fsp3) is 0.476. The lowest BCUT2D eigenvalue weighted by Gasteiger charge is -2.30. The van der Waals surface area contributed by atoms with Gasteiger partial charge in [0.05, 0.1) is 30.3 Å². The van der Waals surface area contributed by atoms with Crippen molar-refractivity contribution in [3.8, 4) is 0 Å². The first-order chi connectivity index (χ1) is 13.0. The Kier molecular flexibility index (Phi) is 6.06. The van der Waals surface area contributed by atoms with Crippen LogP contribution in [-0.4, -0.2) is 54.8 Å². The van der Waals surface area contributed by atoms with Crippen LogP contribution in [0.3, 0.4) is 0 Å². The number of quaternary nitrogens is 1. The van der Waals surface area contributed by atoms with Crippen molar-refractivity contribution >= 4 is 17.7 Å². The Morgan fingerprint density at radius 3 is 2.81 bits per heavy atom. The Morgan fingerprint density at radius 2 is 2.07 bits per heavy atom. The molecule has 1 aromatic rings. The average molecular weight is 370 g/mol. The molecule has 0 radical (unpaired) electrons. The minimum absolute atomic E-state index is 0.172. The van der Waals surface area contributed by atoms with Crippen molar-refractivity contribution in [1.82, 2.24) is 10.2 Å². The van der Waals surface area contributed by atoms with Crippen LogP contribution in [-0.2, 0) is 0 Å². The van der Waals surface area contributed by atoms with Gasteiger partial charge in [0.1, 0.15) is 0 Å². The van der Waals surface area contributed by atoms with Crippen molar-refractivity contribution in [1.29, 1.82) is 0 Å². The van der Waals surface area contributed by atoms with Gasteiger partial charge in [0.15, 0.2) is 0 Å². The number of nitrogens with one attached hydrogen (secondary N) is 2. The van der Waals surface area contributed by atoms with E-state index in [1.54, 1.807) is 17.0 Å². The smallest absolute Gasteiger partial charge is 0.261 e. The molecule has 2 aliphatic rings. The molecule has 1 fully saturated rings. The van der Waals surface area contributed by atoms with E-state index in [4.69, 9.17) is 0 Å². The average Bonchev–Trinajstić information content (AvgIpc) is 2.91. The zero-order valence-electron chi connectivity index (χ0n) is 15.9. The zero-order valence-corrected chi connectivity index (χ0v) is 15.9. The number of carbonyl (C=O) groups excluding carboxylic acids is 3. The van der Waals surface area contributed by atoms with Crippen LogP contribution >= 0.6 is 0 Å². The van der Waals surface area contributed by atoms with Crippen LogP contribution in [0.25, 0.3) is 0 Å². The minimum atomic E-state index is -0.368. The van der Waals surface area contributed by atoms with Crippen LogP contribution in [0.5, 0.6) is 0 Å². The maximum absolute atomic E-state index is 12.4. The molecule has 1 unspecified atom stereocenters. The quantitative estimate of drug-likeness (QED) is 0.428. The SMILES string of the molecule is C=CCN1C(=O)c2ccc(C(=O)NCCC[NH+]3CCCC[C@H]3C)cc2C1=O. The molecule has 3 rings (SSSR count). The zero-order chi connectivity index (χ0) is 19.4. The fourth-order valence-corrected chi connectivity index (χ4v) is 3.97. The van der Waals surface area contributed by atoms with Gasteiger partial charge in [0.2, 0.25) is 0 Å². The second-order valence-corrected chi connectivity index (χ2v) is 7.43. The first-order valence-corrected chi connectivity index (χ1v) is 9.77. The summed E-state index contributed by atoms with van der Waals surface area (Å²) in [7, 11) is 0. The topological polar surface area (TPSA) is 70.9 Å². The Balaban J connectivity index is 1.55. The molecule has 0 bridgehead atoms. The van der Waals surface area contributed by atoms with Crippen molar-refractivity contribution in [2.24, 2.45) is 0 Å². The van der Waals surface area contributed by atoms with E-state index >= 15 is 0 Å². The van der Waals surface area contributed by atoms with Crippen molar-refractivity contribution in [3.05, 3.63) is 47.5 Å². The summed E-state index contributed by atoms with van der Waals surface area (Å²) in [6.45, 7) is 8.94. The molecular formula is C21H28N3O3+. The van der Waals surface area contributed by atoms with E-state index in [0.717, 1.165) is 17.9 Å². The van der Waals surface area contributed by atoms with E-state index in [9.17, 15) is 14.4 Å². The Bertz CT molecular complexity index is 759. The van der Waals surface area contributed by atoms with E-state index in [1.807, 2.05) is 0 Å². The Morgan fingerprint density at radius 1 is 1.30 bits per heavy atom. The van der Waals surface area contributed by atoms with Gasteiger partial charge >= 0.3 is 0 Å². The summed E-state index contributed by atoms with van der Waals surface area (Å²) in [5.41, 5.74) is 1.05. The number of benzene rings is 1. The summed E-state index contributed by atoms with van der Waals surface area (Å²) in [5, 5.41) is 2.93. The lowest BCUT2D eigenvalue weighted by atomic mass is 10.0. The number of hydrogen-bond donors (Lipinski definition) is 2. The van der Waals surface area contributed by atoms with E-state index < -0.39 is 0 Å². The summed E-state index contributed by atoms with van der Waals surface area (Å²) in [6.07, 6.45) is 6.34. The molecule has 6 heteroatoms. The predicted octanol–water partition coefficient (Wildman–Crippen LogP) is 1.05. The van der Waals surface area contributed by atoms with Gasteiger partial charge in [-0.05, 0) is 44.4 Å². The second-order valence-electron chi connectivity index (χ2n) is 7.43. The number of fused-ring (bicyclic) bond motifs is 1. The third-order valence-electron chi connectivity index (χ3n) is 5.59. The van der Waals surface area contributed by atoms with Crippen LogP contribution in [0.15, 0.2) is 30.9 Å². The van der Waals surface area contributed by atoms with Gasteiger partial charge in [-0.3, -0.25) is 19.3 Å². The first kappa shape index (κ1) is 19.3. The summed E-state index contributed by atoms with van der Waals surface area (Å²) in [5.74, 6) is -0.908. The highest BCUT2D eigenvalue weighted by atomic mass is 16.2. The van der Waals surface area contributed by atoms with Gasteiger partial charge in [-0.25, -0.2) is 0 Å². The standard InChI is InChI=1S/C21H27N3O3/c1-3-11-24-20(26)17-9-8-16(14-18(17)21(24)27)19(25)22-10-6-13-23-12-5-4-7-15(23)2/h3,8-9,14-15H,1,4-7,10-13H2,2H3,(H,22,25)/p+1/t15-/m1/s1. The molecule has 1 aromatic carbocycles. The van der Waals surface area contributed by atoms with E-state index in [0.29, 0.717) is 29.3 Å². The van der Waals surface area contributed by atoms with Gasteiger partial charge in [0, 0.05) is 25.1 Å². The maximum atomic E-state index is 12.4. The lowest BCUT2D eigenvalue weighted by molar-refractivity contribution is -0.928. The van der Waals surface area contributed by atoms with Gasteiger partial charge in [-0.15, -0.1) is 6.58 Å². The summed E-state index contributed by atoms with van der Waals surface area (Å²) in [6, 6.07) is 5.39. The third kappa shape index (κ3) is 4.11. The van der Waals surface area contributed by atoms with Crippen LogP contribution in [0.4, 0.5) is 0 Å². The maximum Gasteiger partial charge on any atom is 0.261 e. The molecule has 0 spiro atoms. The summed E-state index contributed by atoms with van der Waals surface area (Å²) in [4.78, 5) is 39.8. The number of carbonyl (C=O) groups is 3. The molecule has 0 aliphatic carbocycles. The molecule has 144 valence electrons.